The molecular formula is C14H31NO3. The second-order valence-corrected chi connectivity index (χ2v) is 5.46. The molecule has 4 N–H and O–H groups in total. The Hall–Kier alpha value is -0.610. The second kappa shape index (κ2) is 10.3. The van der Waals surface area contributed by atoms with Gasteiger partial charge in [0, 0.05) is 6.54 Å². The van der Waals surface area contributed by atoms with E-state index in [0.29, 0.717) is 6.54 Å². The minimum absolute atomic E-state index is 0.0684. The molecule has 4 heteroatoms. The zero-order valence-corrected chi connectivity index (χ0v) is 12.6. The molecule has 110 valence electrons. The number of carboxylic acid groups (broad SMARTS) is 1. The molecule has 0 saturated carbocycles. The van der Waals surface area contributed by atoms with Gasteiger partial charge in [0.2, 0.25) is 0 Å². The second-order valence-electron chi connectivity index (χ2n) is 5.46. The van der Waals surface area contributed by atoms with Crippen LogP contribution >= 0.6 is 0 Å². The Morgan fingerprint density at radius 1 is 1.33 bits per heavy atom. The highest BCUT2D eigenvalue weighted by Gasteiger charge is 2.32. The molecule has 0 aliphatic heterocycles. The fourth-order valence-electron chi connectivity index (χ4n) is 1.50. The van der Waals surface area contributed by atoms with Crippen molar-refractivity contribution < 1.29 is 15.0 Å². The molecule has 0 aromatic rings. The van der Waals surface area contributed by atoms with Gasteiger partial charge >= 0.3 is 5.97 Å². The van der Waals surface area contributed by atoms with Crippen LogP contribution in [0.5, 0.6) is 0 Å². The summed E-state index contributed by atoms with van der Waals surface area (Å²) in [5.41, 5.74) is 4.85. The third-order valence-electron chi connectivity index (χ3n) is 3.34. The van der Waals surface area contributed by atoms with Crippen molar-refractivity contribution in [1.29, 1.82) is 0 Å². The minimum atomic E-state index is -0.639. The van der Waals surface area contributed by atoms with Crippen LogP contribution in [0.4, 0.5) is 0 Å². The summed E-state index contributed by atoms with van der Waals surface area (Å²) < 4.78 is 0. The van der Waals surface area contributed by atoms with E-state index >= 15 is 0 Å². The number of hydrogen-bond donors (Lipinski definition) is 3. The van der Waals surface area contributed by atoms with Crippen LogP contribution in [0.15, 0.2) is 0 Å². The first-order chi connectivity index (χ1) is 8.22. The fraction of sp³-hybridized carbons (Fsp3) is 0.929. The lowest BCUT2D eigenvalue weighted by Gasteiger charge is -2.30. The third kappa shape index (κ3) is 9.42. The largest absolute Gasteiger partial charge is 0.481 e. The minimum Gasteiger partial charge on any atom is -0.481 e. The van der Waals surface area contributed by atoms with E-state index in [9.17, 15) is 4.79 Å². The Morgan fingerprint density at radius 2 is 1.78 bits per heavy atom. The quantitative estimate of drug-likeness (QED) is 0.658. The average molecular weight is 261 g/mol. The number of aliphatic hydroxyl groups is 1. The predicted molar refractivity (Wildman–Crippen MR) is 75.5 cm³/mol. The normalized spacial score (nSPS) is 14.4. The third-order valence-corrected chi connectivity index (χ3v) is 3.34. The zero-order valence-electron chi connectivity index (χ0n) is 12.6. The van der Waals surface area contributed by atoms with Crippen LogP contribution < -0.4 is 5.73 Å². The molecular weight excluding hydrogens is 230 g/mol. The molecule has 0 aliphatic rings. The number of nitrogens with two attached hydrogens (primary N) is 1. The van der Waals surface area contributed by atoms with Crippen molar-refractivity contribution in [3.63, 3.8) is 0 Å². The number of carbonyl (C=O) groups is 1. The first-order valence-corrected chi connectivity index (χ1v) is 6.83. The van der Waals surface area contributed by atoms with Gasteiger partial charge in [0.05, 0.1) is 12.0 Å². The summed E-state index contributed by atoms with van der Waals surface area (Å²) in [6.45, 7) is 10.3. The highest BCUT2D eigenvalue weighted by Crippen LogP contribution is 2.34. The van der Waals surface area contributed by atoms with Crippen molar-refractivity contribution >= 4 is 5.97 Å². The highest BCUT2D eigenvalue weighted by atomic mass is 16.4. The van der Waals surface area contributed by atoms with Gasteiger partial charge in [-0.1, -0.05) is 47.0 Å². The maximum atomic E-state index is 11.0. The van der Waals surface area contributed by atoms with Gasteiger partial charge < -0.3 is 15.9 Å². The van der Waals surface area contributed by atoms with Crippen molar-refractivity contribution in [2.45, 2.75) is 66.4 Å². The molecule has 0 amide bonds. The zero-order chi connectivity index (χ0) is 14.8. The van der Waals surface area contributed by atoms with Crippen molar-refractivity contribution in [3.8, 4) is 0 Å². The van der Waals surface area contributed by atoms with Crippen LogP contribution in [0.2, 0.25) is 0 Å². The van der Waals surface area contributed by atoms with Crippen molar-refractivity contribution in [3.05, 3.63) is 0 Å². The Labute approximate surface area is 112 Å². The number of unbranched alkanes of at least 4 members (excludes halogenated alkanes) is 1. The lowest BCUT2D eigenvalue weighted by Crippen LogP contribution is -2.30. The van der Waals surface area contributed by atoms with Gasteiger partial charge in [-0.3, -0.25) is 4.79 Å². The summed E-state index contributed by atoms with van der Waals surface area (Å²) in [6.07, 6.45) is 3.49. The van der Waals surface area contributed by atoms with Gasteiger partial charge in [0.1, 0.15) is 0 Å². The predicted octanol–water partition coefficient (Wildman–Crippen LogP) is 2.64. The Kier molecular flexibility index (Phi) is 11.3. The molecule has 0 radical (unpaired) electrons. The molecule has 18 heavy (non-hydrogen) atoms. The summed E-state index contributed by atoms with van der Waals surface area (Å²) in [6, 6.07) is 0. The number of hydrogen-bond acceptors (Lipinski definition) is 3. The summed E-state index contributed by atoms with van der Waals surface area (Å²) in [7, 11) is 0. The smallest absolute Gasteiger partial charge is 0.307 e. The van der Waals surface area contributed by atoms with Gasteiger partial charge in [0.25, 0.3) is 0 Å². The average Bonchev–Trinajstić information content (AvgIpc) is 2.29. The topological polar surface area (TPSA) is 83.5 Å². The summed E-state index contributed by atoms with van der Waals surface area (Å²) in [4.78, 5) is 11.0. The molecule has 0 spiro atoms. The van der Waals surface area contributed by atoms with E-state index in [2.05, 4.69) is 13.8 Å². The molecule has 0 aliphatic carbocycles. The first kappa shape index (κ1) is 19.7. The highest BCUT2D eigenvalue weighted by molar-refractivity contribution is 5.70. The van der Waals surface area contributed by atoms with E-state index in [1.807, 2.05) is 13.8 Å². The van der Waals surface area contributed by atoms with Gasteiger partial charge in [0.15, 0.2) is 0 Å². The van der Waals surface area contributed by atoms with Crippen LogP contribution in [-0.4, -0.2) is 28.8 Å². The molecule has 0 bridgehead atoms. The molecule has 0 rings (SSSR count). The molecule has 0 aromatic heterocycles. The Balaban J connectivity index is 0. The SMILES string of the molecule is CC(O)CN.CCCCC(C(=O)O)C(C)(C)CC. The molecule has 0 saturated heterocycles. The monoisotopic (exact) mass is 261 g/mol. The molecule has 0 heterocycles. The van der Waals surface area contributed by atoms with Crippen LogP contribution in [-0.2, 0) is 4.79 Å². The van der Waals surface area contributed by atoms with E-state index in [4.69, 9.17) is 15.9 Å². The van der Waals surface area contributed by atoms with E-state index < -0.39 is 5.97 Å². The van der Waals surface area contributed by atoms with Crippen LogP contribution in [0, 0.1) is 11.3 Å². The van der Waals surface area contributed by atoms with Gasteiger partial charge in [-0.2, -0.15) is 0 Å². The summed E-state index contributed by atoms with van der Waals surface area (Å²) in [5, 5.41) is 17.3. The summed E-state index contributed by atoms with van der Waals surface area (Å²) in [5.74, 6) is -0.822. The lowest BCUT2D eigenvalue weighted by molar-refractivity contribution is -0.146. The van der Waals surface area contributed by atoms with Gasteiger partial charge in [-0.05, 0) is 18.8 Å². The van der Waals surface area contributed by atoms with Gasteiger partial charge in [-0.15, -0.1) is 0 Å². The Bertz CT molecular complexity index is 215. The molecule has 0 aromatic carbocycles. The number of aliphatic hydroxyl groups excluding tert-OH is 1. The Morgan fingerprint density at radius 3 is 2.00 bits per heavy atom. The van der Waals surface area contributed by atoms with E-state index in [-0.39, 0.29) is 17.4 Å². The molecule has 2 atom stereocenters. The van der Waals surface area contributed by atoms with Crippen LogP contribution in [0.3, 0.4) is 0 Å². The molecule has 2 unspecified atom stereocenters. The van der Waals surface area contributed by atoms with E-state index in [0.717, 1.165) is 25.7 Å². The van der Waals surface area contributed by atoms with Crippen LogP contribution in [0.1, 0.15) is 60.3 Å². The number of aliphatic carboxylic acids is 1. The fourth-order valence-corrected chi connectivity index (χ4v) is 1.50. The number of rotatable bonds is 7. The van der Waals surface area contributed by atoms with E-state index in [1.54, 1.807) is 6.92 Å². The maximum absolute atomic E-state index is 11.0. The van der Waals surface area contributed by atoms with Gasteiger partial charge in [-0.25, -0.2) is 0 Å². The maximum Gasteiger partial charge on any atom is 0.307 e. The van der Waals surface area contributed by atoms with Crippen LogP contribution in [0.25, 0.3) is 0 Å². The molecule has 4 nitrogen and oxygen atoms in total. The number of carboxylic acids is 1. The van der Waals surface area contributed by atoms with Crippen molar-refractivity contribution in [1.82, 2.24) is 0 Å². The standard InChI is InChI=1S/C11H22O2.C3H9NO/c1-5-7-8-9(10(12)13)11(3,4)6-2;1-3(5)2-4/h9H,5-8H2,1-4H3,(H,12,13);3,5H,2,4H2,1H3. The summed E-state index contributed by atoms with van der Waals surface area (Å²) >= 11 is 0. The molecule has 0 fully saturated rings. The van der Waals surface area contributed by atoms with Crippen molar-refractivity contribution in [2.75, 3.05) is 6.54 Å². The van der Waals surface area contributed by atoms with E-state index in [1.165, 1.54) is 0 Å². The first-order valence-electron chi connectivity index (χ1n) is 6.83. The lowest BCUT2D eigenvalue weighted by atomic mass is 9.74. The van der Waals surface area contributed by atoms with Crippen molar-refractivity contribution in [2.24, 2.45) is 17.1 Å².